The largest absolute Gasteiger partial charge is 0.359 e. The molecule has 0 spiro atoms. The molecule has 0 amide bonds. The quantitative estimate of drug-likeness (QED) is 0.558. The molecular formula is C18H15N3. The van der Waals surface area contributed by atoms with Crippen LogP contribution in [0, 0.1) is 13.8 Å². The summed E-state index contributed by atoms with van der Waals surface area (Å²) in [7, 11) is 0. The number of benzene rings is 1. The van der Waals surface area contributed by atoms with E-state index in [2.05, 4.69) is 47.0 Å². The number of aryl methyl sites for hydroxylation is 2. The Morgan fingerprint density at radius 1 is 1.05 bits per heavy atom. The van der Waals surface area contributed by atoms with E-state index in [1.165, 1.54) is 27.5 Å². The topological polar surface area (TPSA) is 41.6 Å². The average molecular weight is 273 g/mol. The molecule has 0 aliphatic carbocycles. The van der Waals surface area contributed by atoms with Crippen LogP contribution < -0.4 is 0 Å². The van der Waals surface area contributed by atoms with E-state index in [1.807, 2.05) is 30.9 Å². The van der Waals surface area contributed by atoms with Crippen LogP contribution in [0.5, 0.6) is 0 Å². The number of nitrogens with zero attached hydrogens (tertiary/aromatic N) is 2. The summed E-state index contributed by atoms with van der Waals surface area (Å²) in [5, 5.41) is 2.36. The molecule has 0 saturated heterocycles. The molecule has 0 bridgehead atoms. The maximum absolute atomic E-state index is 4.67. The van der Waals surface area contributed by atoms with Gasteiger partial charge in [0.1, 0.15) is 0 Å². The minimum atomic E-state index is 1.05. The van der Waals surface area contributed by atoms with Crippen molar-refractivity contribution in [3.8, 4) is 11.1 Å². The highest BCUT2D eigenvalue weighted by Gasteiger charge is 2.08. The summed E-state index contributed by atoms with van der Waals surface area (Å²) in [6.07, 6.45) is 7.65. The Morgan fingerprint density at radius 2 is 1.95 bits per heavy atom. The monoisotopic (exact) mass is 273 g/mol. The Labute approximate surface area is 122 Å². The smallest absolute Gasteiger partial charge is 0.0734 e. The summed E-state index contributed by atoms with van der Waals surface area (Å²) in [5.41, 5.74) is 6.96. The molecule has 3 nitrogen and oxygen atoms in total. The molecular weight excluding hydrogens is 258 g/mol. The molecule has 1 N–H and O–H groups in total. The Kier molecular flexibility index (Phi) is 2.54. The molecule has 3 heterocycles. The fraction of sp³-hybridized carbons (Fsp3) is 0.111. The highest BCUT2D eigenvalue weighted by Crippen LogP contribution is 2.30. The minimum Gasteiger partial charge on any atom is -0.359 e. The predicted octanol–water partition coefficient (Wildman–Crippen LogP) is 4.39. The third-order valence-corrected chi connectivity index (χ3v) is 4.17. The van der Waals surface area contributed by atoms with Gasteiger partial charge in [-0.15, -0.1) is 0 Å². The van der Waals surface area contributed by atoms with Gasteiger partial charge in [0.05, 0.1) is 17.2 Å². The molecule has 3 heteroatoms. The van der Waals surface area contributed by atoms with Crippen molar-refractivity contribution in [2.24, 2.45) is 0 Å². The van der Waals surface area contributed by atoms with E-state index >= 15 is 0 Å². The molecule has 0 unspecified atom stereocenters. The number of nitrogens with one attached hydrogen (secondary N) is 1. The number of aromatic nitrogens is 3. The minimum absolute atomic E-state index is 1.05. The van der Waals surface area contributed by atoms with E-state index in [4.69, 9.17) is 0 Å². The Hall–Kier alpha value is -2.68. The van der Waals surface area contributed by atoms with Gasteiger partial charge in [0, 0.05) is 40.5 Å². The van der Waals surface area contributed by atoms with Crippen LogP contribution in [0.1, 0.15) is 11.1 Å². The molecule has 3 aromatic heterocycles. The van der Waals surface area contributed by atoms with E-state index in [-0.39, 0.29) is 0 Å². The molecule has 4 rings (SSSR count). The van der Waals surface area contributed by atoms with Gasteiger partial charge >= 0.3 is 0 Å². The number of hydrogen-bond donors (Lipinski definition) is 1. The first-order chi connectivity index (χ1) is 10.2. The predicted molar refractivity (Wildman–Crippen MR) is 86.3 cm³/mol. The SMILES string of the molecule is Cc1ccc2cc(-c3c[nH]c4cnccc34)cnc2c1C. The average Bonchev–Trinajstić information content (AvgIpc) is 2.95. The first kappa shape index (κ1) is 12.1. The molecule has 1 aromatic carbocycles. The fourth-order valence-corrected chi connectivity index (χ4v) is 2.81. The van der Waals surface area contributed by atoms with Crippen molar-refractivity contribution in [2.75, 3.05) is 0 Å². The second-order valence-corrected chi connectivity index (χ2v) is 5.43. The van der Waals surface area contributed by atoms with E-state index in [9.17, 15) is 0 Å². The number of hydrogen-bond acceptors (Lipinski definition) is 2. The highest BCUT2D eigenvalue weighted by molar-refractivity contribution is 5.97. The lowest BCUT2D eigenvalue weighted by atomic mass is 10.0. The second kappa shape index (κ2) is 4.42. The molecule has 21 heavy (non-hydrogen) atoms. The van der Waals surface area contributed by atoms with Crippen molar-refractivity contribution >= 4 is 21.8 Å². The summed E-state index contributed by atoms with van der Waals surface area (Å²) in [6.45, 7) is 4.25. The second-order valence-electron chi connectivity index (χ2n) is 5.43. The molecule has 0 aliphatic rings. The van der Waals surface area contributed by atoms with Gasteiger partial charge < -0.3 is 4.98 Å². The standard InChI is InChI=1S/C18H15N3/c1-11-3-4-13-7-14(8-21-18(13)12(11)2)16-9-20-17-10-19-6-5-15(16)17/h3-10,20H,1-2H3. The zero-order chi connectivity index (χ0) is 14.4. The van der Waals surface area contributed by atoms with Crippen molar-refractivity contribution in [1.82, 2.24) is 15.0 Å². The van der Waals surface area contributed by atoms with Gasteiger partial charge in [0.2, 0.25) is 0 Å². The van der Waals surface area contributed by atoms with Crippen LogP contribution in [0.2, 0.25) is 0 Å². The zero-order valence-corrected chi connectivity index (χ0v) is 12.0. The molecule has 0 saturated carbocycles. The van der Waals surface area contributed by atoms with Gasteiger partial charge in [-0.25, -0.2) is 0 Å². The number of H-pyrrole nitrogens is 1. The maximum Gasteiger partial charge on any atom is 0.0734 e. The molecule has 0 radical (unpaired) electrons. The van der Waals surface area contributed by atoms with Gasteiger partial charge in [0.25, 0.3) is 0 Å². The molecule has 4 aromatic rings. The normalized spacial score (nSPS) is 11.3. The van der Waals surface area contributed by atoms with E-state index in [0.717, 1.165) is 16.6 Å². The molecule has 102 valence electrons. The third kappa shape index (κ3) is 1.82. The van der Waals surface area contributed by atoms with E-state index in [0.29, 0.717) is 0 Å². The number of fused-ring (bicyclic) bond motifs is 2. The summed E-state index contributed by atoms with van der Waals surface area (Å²) in [5.74, 6) is 0. The van der Waals surface area contributed by atoms with Gasteiger partial charge in [-0.05, 0) is 37.1 Å². The Bertz CT molecular complexity index is 967. The van der Waals surface area contributed by atoms with Crippen LogP contribution in [-0.4, -0.2) is 15.0 Å². The number of aromatic amines is 1. The van der Waals surface area contributed by atoms with Crippen LogP contribution >= 0.6 is 0 Å². The van der Waals surface area contributed by atoms with Crippen molar-refractivity contribution < 1.29 is 0 Å². The van der Waals surface area contributed by atoms with Gasteiger partial charge in [-0.1, -0.05) is 12.1 Å². The van der Waals surface area contributed by atoms with Crippen LogP contribution in [-0.2, 0) is 0 Å². The van der Waals surface area contributed by atoms with Gasteiger partial charge in [0.15, 0.2) is 0 Å². The first-order valence-electron chi connectivity index (χ1n) is 7.01. The lowest BCUT2D eigenvalue weighted by Gasteiger charge is -2.07. The molecule has 0 atom stereocenters. The third-order valence-electron chi connectivity index (χ3n) is 4.17. The van der Waals surface area contributed by atoms with Crippen molar-refractivity contribution in [1.29, 1.82) is 0 Å². The van der Waals surface area contributed by atoms with Crippen molar-refractivity contribution in [3.05, 3.63) is 60.2 Å². The van der Waals surface area contributed by atoms with Crippen molar-refractivity contribution in [2.45, 2.75) is 13.8 Å². The lowest BCUT2D eigenvalue weighted by Crippen LogP contribution is -1.88. The summed E-state index contributed by atoms with van der Waals surface area (Å²) >= 11 is 0. The molecule has 0 aliphatic heterocycles. The van der Waals surface area contributed by atoms with Gasteiger partial charge in [-0.2, -0.15) is 0 Å². The van der Waals surface area contributed by atoms with Crippen LogP contribution in [0.25, 0.3) is 32.9 Å². The Morgan fingerprint density at radius 3 is 2.86 bits per heavy atom. The van der Waals surface area contributed by atoms with Crippen LogP contribution in [0.3, 0.4) is 0 Å². The number of rotatable bonds is 1. The van der Waals surface area contributed by atoms with E-state index < -0.39 is 0 Å². The maximum atomic E-state index is 4.67. The molecule has 0 fully saturated rings. The number of pyridine rings is 2. The van der Waals surface area contributed by atoms with Crippen LogP contribution in [0.15, 0.2) is 49.1 Å². The zero-order valence-electron chi connectivity index (χ0n) is 12.0. The summed E-state index contributed by atoms with van der Waals surface area (Å²) < 4.78 is 0. The highest BCUT2D eigenvalue weighted by atomic mass is 14.7. The van der Waals surface area contributed by atoms with Crippen LogP contribution in [0.4, 0.5) is 0 Å². The van der Waals surface area contributed by atoms with E-state index in [1.54, 1.807) is 0 Å². The Balaban J connectivity index is 1.97. The fourth-order valence-electron chi connectivity index (χ4n) is 2.81. The first-order valence-corrected chi connectivity index (χ1v) is 7.01. The summed E-state index contributed by atoms with van der Waals surface area (Å²) in [4.78, 5) is 12.1. The summed E-state index contributed by atoms with van der Waals surface area (Å²) in [6, 6.07) is 8.54. The van der Waals surface area contributed by atoms with Gasteiger partial charge in [-0.3, -0.25) is 9.97 Å². The lowest BCUT2D eigenvalue weighted by molar-refractivity contribution is 1.31. The van der Waals surface area contributed by atoms with Crippen molar-refractivity contribution in [3.63, 3.8) is 0 Å².